The lowest BCUT2D eigenvalue weighted by atomic mass is 10.1. The summed E-state index contributed by atoms with van der Waals surface area (Å²) in [6.07, 6.45) is 2.33. The lowest BCUT2D eigenvalue weighted by Gasteiger charge is -2.20. The predicted molar refractivity (Wildman–Crippen MR) is 135 cm³/mol. The van der Waals surface area contributed by atoms with E-state index < -0.39 is 5.91 Å². The number of aryl methyl sites for hydroxylation is 2. The van der Waals surface area contributed by atoms with Gasteiger partial charge in [0.25, 0.3) is 5.91 Å². The van der Waals surface area contributed by atoms with Crippen molar-refractivity contribution in [1.82, 2.24) is 5.01 Å². The number of carbonyl (C=O) groups excluding carboxylic acids is 1. The van der Waals surface area contributed by atoms with Crippen LogP contribution in [0.2, 0.25) is 0 Å². The molecule has 0 saturated carbocycles. The van der Waals surface area contributed by atoms with E-state index in [0.29, 0.717) is 35.4 Å². The van der Waals surface area contributed by atoms with E-state index in [1.165, 1.54) is 16.8 Å². The van der Waals surface area contributed by atoms with Crippen molar-refractivity contribution in [2.45, 2.75) is 27.2 Å². The summed E-state index contributed by atoms with van der Waals surface area (Å²) in [4.78, 5) is 16.6. The van der Waals surface area contributed by atoms with Crippen molar-refractivity contribution in [3.63, 3.8) is 0 Å². The normalized spacial score (nSPS) is 16.4. The highest BCUT2D eigenvalue weighted by atomic mass is 32.2. The Morgan fingerprint density at radius 1 is 1.09 bits per heavy atom. The number of fused-ring (bicyclic) bond motifs is 1. The van der Waals surface area contributed by atoms with Crippen molar-refractivity contribution in [2.75, 3.05) is 20.3 Å². The van der Waals surface area contributed by atoms with Gasteiger partial charge in [-0.1, -0.05) is 31.2 Å². The highest BCUT2D eigenvalue weighted by Gasteiger charge is 2.35. The molecule has 0 fully saturated rings. The second-order valence-electron chi connectivity index (χ2n) is 7.70. The van der Waals surface area contributed by atoms with Gasteiger partial charge in [0, 0.05) is 0 Å². The average molecular weight is 479 g/mol. The lowest BCUT2D eigenvalue weighted by molar-refractivity contribution is -0.114. The number of rotatable bonds is 8. The molecule has 0 spiro atoms. The van der Waals surface area contributed by atoms with E-state index in [2.05, 4.69) is 10.1 Å². The van der Waals surface area contributed by atoms with Gasteiger partial charge in [0.2, 0.25) is 5.17 Å². The number of ether oxygens (including phenoxy) is 3. The van der Waals surface area contributed by atoms with Crippen LogP contribution in [0.25, 0.3) is 6.08 Å². The molecule has 8 nitrogen and oxygen atoms in total. The fourth-order valence-corrected chi connectivity index (χ4v) is 4.38. The summed E-state index contributed by atoms with van der Waals surface area (Å²) < 4.78 is 17.2. The first kappa shape index (κ1) is 23.6. The fraction of sp³-hybridized carbons (Fsp3) is 0.280. The number of aliphatic imine (C=N–C) groups is 1. The van der Waals surface area contributed by atoms with E-state index in [4.69, 9.17) is 19.6 Å². The van der Waals surface area contributed by atoms with Gasteiger partial charge in [0.05, 0.1) is 12.7 Å². The van der Waals surface area contributed by atoms with Crippen LogP contribution < -0.4 is 14.2 Å². The van der Waals surface area contributed by atoms with Crippen LogP contribution in [0.15, 0.2) is 52.1 Å². The average Bonchev–Trinajstić information content (AvgIpc) is 3.24. The quantitative estimate of drug-likeness (QED) is 0.432. The Hall–Kier alpha value is -3.59. The third-order valence-corrected chi connectivity index (χ3v) is 6.35. The Morgan fingerprint density at radius 3 is 2.53 bits per heavy atom. The molecule has 2 aromatic rings. The summed E-state index contributed by atoms with van der Waals surface area (Å²) in [5.74, 6) is 1.50. The molecular formula is C25H26N4O4S. The van der Waals surface area contributed by atoms with E-state index >= 15 is 0 Å². The second kappa shape index (κ2) is 10.1. The number of hydrogen-bond donors (Lipinski definition) is 1. The van der Waals surface area contributed by atoms with Gasteiger partial charge in [-0.2, -0.15) is 15.1 Å². The molecule has 0 aliphatic carbocycles. The van der Waals surface area contributed by atoms with Crippen molar-refractivity contribution in [2.24, 2.45) is 10.1 Å². The second-order valence-corrected chi connectivity index (χ2v) is 8.74. The maximum absolute atomic E-state index is 12.5. The molecule has 4 rings (SSSR count). The van der Waals surface area contributed by atoms with Crippen LogP contribution in [0.5, 0.6) is 17.2 Å². The van der Waals surface area contributed by atoms with Gasteiger partial charge in [0.15, 0.2) is 17.3 Å². The molecule has 9 heteroatoms. The minimum atomic E-state index is -0.459. The highest BCUT2D eigenvalue weighted by Crippen LogP contribution is 2.32. The Morgan fingerprint density at radius 2 is 1.82 bits per heavy atom. The monoisotopic (exact) mass is 478 g/mol. The van der Waals surface area contributed by atoms with Crippen LogP contribution in [0, 0.1) is 19.3 Å². The zero-order chi connectivity index (χ0) is 24.2. The largest absolute Gasteiger partial charge is 0.493 e. The number of carbonyl (C=O) groups is 1. The molecule has 0 atom stereocenters. The number of hydrazone groups is 1. The molecule has 0 unspecified atom stereocenters. The van der Waals surface area contributed by atoms with Crippen LogP contribution in [0.4, 0.5) is 0 Å². The van der Waals surface area contributed by atoms with Gasteiger partial charge < -0.3 is 14.2 Å². The number of para-hydroxylation sites is 1. The molecule has 0 radical (unpaired) electrons. The lowest BCUT2D eigenvalue weighted by Crippen LogP contribution is -2.35. The smallest absolute Gasteiger partial charge is 0.283 e. The van der Waals surface area contributed by atoms with Crippen LogP contribution in [-0.2, 0) is 4.79 Å². The first-order valence-corrected chi connectivity index (χ1v) is 11.7. The minimum absolute atomic E-state index is 0.00823. The number of methoxy groups -OCH3 is 1. The Balaban J connectivity index is 1.45. The molecule has 1 N–H and O–H groups in total. The van der Waals surface area contributed by atoms with Gasteiger partial charge in [-0.05, 0) is 66.9 Å². The number of benzene rings is 2. The van der Waals surface area contributed by atoms with Crippen molar-refractivity contribution >= 4 is 39.8 Å². The van der Waals surface area contributed by atoms with E-state index in [-0.39, 0.29) is 11.4 Å². The van der Waals surface area contributed by atoms with Crippen molar-refractivity contribution in [3.8, 4) is 17.2 Å². The zero-order valence-electron chi connectivity index (χ0n) is 19.5. The van der Waals surface area contributed by atoms with Gasteiger partial charge in [-0.15, -0.1) is 0 Å². The molecule has 2 aromatic carbocycles. The maximum atomic E-state index is 12.5. The molecule has 2 aliphatic rings. The highest BCUT2D eigenvalue weighted by molar-refractivity contribution is 8.26. The summed E-state index contributed by atoms with van der Waals surface area (Å²) in [6, 6.07) is 11.4. The van der Waals surface area contributed by atoms with Gasteiger partial charge >= 0.3 is 0 Å². The first-order valence-electron chi connectivity index (χ1n) is 10.9. The molecule has 2 aliphatic heterocycles. The van der Waals surface area contributed by atoms with Crippen LogP contribution >= 0.6 is 11.8 Å². The van der Waals surface area contributed by atoms with Crippen LogP contribution in [0.3, 0.4) is 0 Å². The molecule has 1 amide bonds. The molecule has 0 bridgehead atoms. The van der Waals surface area contributed by atoms with Crippen LogP contribution in [0.1, 0.15) is 30.0 Å². The first-order chi connectivity index (χ1) is 16.4. The molecule has 0 aromatic heterocycles. The van der Waals surface area contributed by atoms with Crippen molar-refractivity contribution in [1.29, 1.82) is 5.41 Å². The number of thioether (sulfide) groups is 1. The molecule has 34 heavy (non-hydrogen) atoms. The van der Waals surface area contributed by atoms with E-state index in [9.17, 15) is 4.79 Å². The predicted octanol–water partition coefficient (Wildman–Crippen LogP) is 4.80. The summed E-state index contributed by atoms with van der Waals surface area (Å²) >= 11 is 1.32. The SMILES string of the molecule is CCC1=NN2C(=N)/C(=C\c3ccc(OCCOc4c(C)cccc4C)c(OC)c3)C(=O)N=C2S1. The van der Waals surface area contributed by atoms with Gasteiger partial charge in [-0.3, -0.25) is 10.2 Å². The van der Waals surface area contributed by atoms with Gasteiger partial charge in [0.1, 0.15) is 24.0 Å². The van der Waals surface area contributed by atoms with E-state index in [1.54, 1.807) is 31.4 Å². The van der Waals surface area contributed by atoms with Gasteiger partial charge in [-0.25, -0.2) is 0 Å². The summed E-state index contributed by atoms with van der Waals surface area (Å²) in [5.41, 5.74) is 3.02. The summed E-state index contributed by atoms with van der Waals surface area (Å²) in [7, 11) is 1.55. The van der Waals surface area contributed by atoms with Crippen molar-refractivity contribution < 1.29 is 19.0 Å². The third-order valence-electron chi connectivity index (χ3n) is 5.29. The topological polar surface area (TPSA) is 96.6 Å². The Kier molecular flexibility index (Phi) is 7.02. The summed E-state index contributed by atoms with van der Waals surface area (Å²) in [6.45, 7) is 6.73. The van der Waals surface area contributed by atoms with Crippen LogP contribution in [-0.4, -0.2) is 47.3 Å². The molecule has 0 saturated heterocycles. The number of nitrogens with one attached hydrogen (secondary N) is 1. The molecule has 176 valence electrons. The molecule has 2 heterocycles. The van der Waals surface area contributed by atoms with E-state index in [0.717, 1.165) is 28.3 Å². The minimum Gasteiger partial charge on any atom is -0.493 e. The standard InChI is InChI=1S/C25H26N4O4S/c1-5-21-28-29-23(26)18(24(30)27-25(29)34-21)13-17-9-10-19(20(14-17)31-4)32-11-12-33-22-15(2)7-6-8-16(22)3/h6-10,13-14,26H,5,11-12H2,1-4H3/b18-13+,26-23?. The summed E-state index contributed by atoms with van der Waals surface area (Å²) in [5, 5.41) is 15.5. The zero-order valence-corrected chi connectivity index (χ0v) is 20.4. The Bertz CT molecular complexity index is 1220. The molecular weight excluding hydrogens is 452 g/mol. The maximum Gasteiger partial charge on any atom is 0.283 e. The number of hydrogen-bond acceptors (Lipinski definition) is 7. The third kappa shape index (κ3) is 4.84. The number of nitrogens with zero attached hydrogens (tertiary/aromatic N) is 3. The number of amides is 1. The fourth-order valence-electron chi connectivity index (χ4n) is 3.56. The van der Waals surface area contributed by atoms with Crippen molar-refractivity contribution in [3.05, 3.63) is 58.7 Å². The number of amidine groups is 2. The Labute approximate surface area is 202 Å². The van der Waals surface area contributed by atoms with E-state index in [1.807, 2.05) is 39.0 Å².